The zero-order chi connectivity index (χ0) is 12.3. The molecule has 0 aromatic heterocycles. The monoisotopic (exact) mass is 296 g/mol. The summed E-state index contributed by atoms with van der Waals surface area (Å²) in [4.78, 5) is 2.51. The van der Waals surface area contributed by atoms with Gasteiger partial charge in [-0.15, -0.1) is 0 Å². The van der Waals surface area contributed by atoms with Gasteiger partial charge in [-0.1, -0.05) is 28.9 Å². The molecule has 1 N–H and O–H groups in total. The molecule has 94 valence electrons. The average Bonchev–Trinajstić information content (AvgIpc) is 2.34. The van der Waals surface area contributed by atoms with Crippen LogP contribution in [0.5, 0.6) is 0 Å². The fourth-order valence-electron chi connectivity index (χ4n) is 2.55. The molecule has 1 heterocycles. The maximum atomic E-state index is 3.61. The number of benzene rings is 1. The lowest BCUT2D eigenvalue weighted by molar-refractivity contribution is 0.423. The van der Waals surface area contributed by atoms with Crippen LogP contribution in [0, 0.1) is 6.92 Å². The SMILES string of the molecule is CCNC1CCN(c2cccc(Br)c2C)CC1. The third-order valence-electron chi connectivity index (χ3n) is 3.57. The third-order valence-corrected chi connectivity index (χ3v) is 4.43. The van der Waals surface area contributed by atoms with Gasteiger partial charge in [-0.25, -0.2) is 0 Å². The van der Waals surface area contributed by atoms with Crippen LogP contribution in [0.4, 0.5) is 5.69 Å². The number of anilines is 1. The first kappa shape index (κ1) is 12.9. The predicted octanol–water partition coefficient (Wildman–Crippen LogP) is 3.34. The highest BCUT2D eigenvalue weighted by Gasteiger charge is 2.19. The van der Waals surface area contributed by atoms with Crippen LogP contribution in [-0.4, -0.2) is 25.7 Å². The van der Waals surface area contributed by atoms with E-state index in [2.05, 4.69) is 58.2 Å². The van der Waals surface area contributed by atoms with Crippen molar-refractivity contribution in [2.45, 2.75) is 32.7 Å². The first-order chi connectivity index (χ1) is 8.22. The van der Waals surface area contributed by atoms with Crippen molar-refractivity contribution in [1.29, 1.82) is 0 Å². The van der Waals surface area contributed by atoms with E-state index < -0.39 is 0 Å². The summed E-state index contributed by atoms with van der Waals surface area (Å²) >= 11 is 3.61. The molecule has 1 saturated heterocycles. The van der Waals surface area contributed by atoms with Gasteiger partial charge in [-0.3, -0.25) is 0 Å². The van der Waals surface area contributed by atoms with Crippen molar-refractivity contribution < 1.29 is 0 Å². The quantitative estimate of drug-likeness (QED) is 0.920. The minimum Gasteiger partial charge on any atom is -0.371 e. The summed E-state index contributed by atoms with van der Waals surface area (Å²) < 4.78 is 1.21. The first-order valence-corrected chi connectivity index (χ1v) is 7.25. The standard InChI is InChI=1S/C14H21BrN2/c1-3-16-12-7-9-17(10-8-12)14-6-4-5-13(15)11(14)2/h4-6,12,16H,3,7-10H2,1-2H3. The van der Waals surface area contributed by atoms with E-state index in [0.29, 0.717) is 6.04 Å². The van der Waals surface area contributed by atoms with Gasteiger partial charge in [-0.05, 0) is 44.0 Å². The summed E-state index contributed by atoms with van der Waals surface area (Å²) in [6.45, 7) is 7.78. The van der Waals surface area contributed by atoms with Gasteiger partial charge in [-0.2, -0.15) is 0 Å². The summed E-state index contributed by atoms with van der Waals surface area (Å²) in [5.41, 5.74) is 2.74. The molecule has 3 heteroatoms. The fraction of sp³-hybridized carbons (Fsp3) is 0.571. The van der Waals surface area contributed by atoms with Crippen LogP contribution >= 0.6 is 15.9 Å². The molecule has 2 rings (SSSR count). The molecule has 1 aliphatic rings. The maximum absolute atomic E-state index is 3.61. The van der Waals surface area contributed by atoms with Gasteiger partial charge in [0.25, 0.3) is 0 Å². The van der Waals surface area contributed by atoms with Crippen molar-refractivity contribution in [1.82, 2.24) is 5.32 Å². The minimum absolute atomic E-state index is 0.712. The predicted molar refractivity (Wildman–Crippen MR) is 77.8 cm³/mol. The normalized spacial score (nSPS) is 17.5. The van der Waals surface area contributed by atoms with Crippen LogP contribution in [0.25, 0.3) is 0 Å². The van der Waals surface area contributed by atoms with Gasteiger partial charge in [0.2, 0.25) is 0 Å². The maximum Gasteiger partial charge on any atom is 0.0407 e. The molecule has 0 aliphatic carbocycles. The van der Waals surface area contributed by atoms with Crippen molar-refractivity contribution in [3.8, 4) is 0 Å². The summed E-state index contributed by atoms with van der Waals surface area (Å²) in [6.07, 6.45) is 2.50. The summed E-state index contributed by atoms with van der Waals surface area (Å²) in [7, 11) is 0. The van der Waals surface area contributed by atoms with E-state index in [0.717, 1.165) is 19.6 Å². The van der Waals surface area contributed by atoms with Crippen LogP contribution in [-0.2, 0) is 0 Å². The Labute approximate surface area is 113 Å². The number of hydrogen-bond donors (Lipinski definition) is 1. The molecule has 0 amide bonds. The molecular weight excluding hydrogens is 276 g/mol. The lowest BCUT2D eigenvalue weighted by Crippen LogP contribution is -2.42. The summed E-state index contributed by atoms with van der Waals surface area (Å²) in [6, 6.07) is 7.18. The number of hydrogen-bond acceptors (Lipinski definition) is 2. The Hall–Kier alpha value is -0.540. The summed E-state index contributed by atoms with van der Waals surface area (Å²) in [5, 5.41) is 3.55. The molecule has 1 aliphatic heterocycles. The Morgan fingerprint density at radius 1 is 1.35 bits per heavy atom. The van der Waals surface area contributed by atoms with Gasteiger partial charge in [0.05, 0.1) is 0 Å². The topological polar surface area (TPSA) is 15.3 Å². The van der Waals surface area contributed by atoms with Crippen LogP contribution < -0.4 is 10.2 Å². The molecule has 1 fully saturated rings. The van der Waals surface area contributed by atoms with Crippen LogP contribution in [0.15, 0.2) is 22.7 Å². The second-order valence-electron chi connectivity index (χ2n) is 4.70. The molecule has 0 spiro atoms. The largest absolute Gasteiger partial charge is 0.371 e. The molecule has 2 nitrogen and oxygen atoms in total. The van der Waals surface area contributed by atoms with Gasteiger partial charge < -0.3 is 10.2 Å². The average molecular weight is 297 g/mol. The number of piperidine rings is 1. The number of halogens is 1. The molecule has 0 unspecified atom stereocenters. The van der Waals surface area contributed by atoms with Gasteiger partial charge >= 0.3 is 0 Å². The van der Waals surface area contributed by atoms with E-state index in [9.17, 15) is 0 Å². The third kappa shape index (κ3) is 3.02. The van der Waals surface area contributed by atoms with Crippen molar-refractivity contribution in [3.63, 3.8) is 0 Å². The minimum atomic E-state index is 0.712. The van der Waals surface area contributed by atoms with Gasteiger partial charge in [0, 0.05) is 29.3 Å². The Morgan fingerprint density at radius 3 is 2.71 bits per heavy atom. The van der Waals surface area contributed by atoms with E-state index in [4.69, 9.17) is 0 Å². The molecule has 0 atom stereocenters. The summed E-state index contributed by atoms with van der Waals surface area (Å²) in [5.74, 6) is 0. The van der Waals surface area contributed by atoms with Gasteiger partial charge in [0.15, 0.2) is 0 Å². The van der Waals surface area contributed by atoms with Crippen molar-refractivity contribution >= 4 is 21.6 Å². The zero-order valence-electron chi connectivity index (χ0n) is 10.7. The number of nitrogens with zero attached hydrogens (tertiary/aromatic N) is 1. The Kier molecular flexibility index (Phi) is 4.46. The molecule has 1 aromatic rings. The van der Waals surface area contributed by atoms with Gasteiger partial charge in [0.1, 0.15) is 0 Å². The van der Waals surface area contributed by atoms with Crippen molar-refractivity contribution in [3.05, 3.63) is 28.2 Å². The Balaban J connectivity index is 2.03. The molecule has 17 heavy (non-hydrogen) atoms. The van der Waals surface area contributed by atoms with E-state index in [1.807, 2.05) is 0 Å². The highest BCUT2D eigenvalue weighted by molar-refractivity contribution is 9.10. The van der Waals surface area contributed by atoms with E-state index in [1.165, 1.54) is 28.6 Å². The Morgan fingerprint density at radius 2 is 2.06 bits per heavy atom. The van der Waals surface area contributed by atoms with Crippen LogP contribution in [0.3, 0.4) is 0 Å². The van der Waals surface area contributed by atoms with Crippen LogP contribution in [0.1, 0.15) is 25.3 Å². The zero-order valence-corrected chi connectivity index (χ0v) is 12.3. The second kappa shape index (κ2) is 5.87. The molecular formula is C14H21BrN2. The fourth-order valence-corrected chi connectivity index (χ4v) is 2.91. The highest BCUT2D eigenvalue weighted by atomic mass is 79.9. The molecule has 0 saturated carbocycles. The highest BCUT2D eigenvalue weighted by Crippen LogP contribution is 2.28. The van der Waals surface area contributed by atoms with Crippen molar-refractivity contribution in [2.75, 3.05) is 24.5 Å². The van der Waals surface area contributed by atoms with E-state index in [-0.39, 0.29) is 0 Å². The second-order valence-corrected chi connectivity index (χ2v) is 5.56. The molecule has 0 radical (unpaired) electrons. The molecule has 1 aromatic carbocycles. The van der Waals surface area contributed by atoms with Crippen LogP contribution in [0.2, 0.25) is 0 Å². The van der Waals surface area contributed by atoms with E-state index >= 15 is 0 Å². The number of rotatable bonds is 3. The smallest absolute Gasteiger partial charge is 0.0407 e. The van der Waals surface area contributed by atoms with Crippen molar-refractivity contribution in [2.24, 2.45) is 0 Å². The molecule has 0 bridgehead atoms. The Bertz CT molecular complexity index is 370. The lowest BCUT2D eigenvalue weighted by atomic mass is 10.0. The lowest BCUT2D eigenvalue weighted by Gasteiger charge is -2.35. The van der Waals surface area contributed by atoms with E-state index in [1.54, 1.807) is 0 Å². The number of nitrogens with one attached hydrogen (secondary N) is 1. The first-order valence-electron chi connectivity index (χ1n) is 6.45.